The fourth-order valence-corrected chi connectivity index (χ4v) is 7.47. The van der Waals surface area contributed by atoms with Crippen LogP contribution in [0.25, 0.3) is 30.4 Å². The van der Waals surface area contributed by atoms with Gasteiger partial charge in [0.05, 0.1) is 36.8 Å². The first-order valence-electron chi connectivity index (χ1n) is 19.7. The van der Waals surface area contributed by atoms with E-state index in [-0.39, 0.29) is 25.7 Å². The minimum atomic E-state index is -1.56. The summed E-state index contributed by atoms with van der Waals surface area (Å²) in [6, 6.07) is -2.39. The number of aliphatic hydroxyl groups is 1. The van der Waals surface area contributed by atoms with Gasteiger partial charge in [-0.2, -0.15) is 0 Å². The van der Waals surface area contributed by atoms with Crippen LogP contribution in [0.15, 0.2) is 34.8 Å². The molecule has 17 heteroatoms. The van der Waals surface area contributed by atoms with Gasteiger partial charge >= 0.3 is 11.9 Å². The Labute approximate surface area is 351 Å². The van der Waals surface area contributed by atoms with Crippen molar-refractivity contribution in [1.82, 2.24) is 30.9 Å². The third-order valence-electron chi connectivity index (χ3n) is 10.8. The highest BCUT2D eigenvalue weighted by Crippen LogP contribution is 2.39. The normalized spacial score (nSPS) is 17.2. The molecule has 0 spiro atoms. The van der Waals surface area contributed by atoms with Gasteiger partial charge < -0.3 is 60.6 Å². The summed E-state index contributed by atoms with van der Waals surface area (Å²) in [7, 11) is 0. The molecule has 3 aromatic heterocycles. The average Bonchev–Trinajstić information content (AvgIpc) is 3.84. The fraction of sp³-hybridized carbons (Fsp3) is 0.341. The summed E-state index contributed by atoms with van der Waals surface area (Å²) in [5.74, 6) is -3.51. The van der Waals surface area contributed by atoms with Crippen LogP contribution >= 0.6 is 0 Å². The van der Waals surface area contributed by atoms with Crippen molar-refractivity contribution in [2.24, 2.45) is 5.16 Å². The zero-order valence-electron chi connectivity index (χ0n) is 34.7. The zero-order valence-corrected chi connectivity index (χ0v) is 34.7. The van der Waals surface area contributed by atoms with E-state index in [2.05, 4.69) is 42.6 Å². The molecule has 1 fully saturated rings. The SMILES string of the molecule is C=Cc1c2[nH]c(c1C)C=C1NC(=Cc3[nH]c(c(CCC(=O)N[C@@H](C=O)CC(=O)O)c3C)C=c3[nH]c(c(C)c3CCC(=O)N[C@@H](C=O)CC(=O)O)=C2)C(C)(O)C1=CC=NOCC. The van der Waals surface area contributed by atoms with E-state index in [1.807, 2.05) is 39.0 Å². The molecule has 2 aliphatic heterocycles. The molecule has 8 bridgehead atoms. The van der Waals surface area contributed by atoms with Crippen molar-refractivity contribution in [3.8, 4) is 0 Å². The first-order valence-corrected chi connectivity index (χ1v) is 19.7. The van der Waals surface area contributed by atoms with E-state index in [0.29, 0.717) is 63.8 Å². The Morgan fingerprint density at radius 3 is 1.95 bits per heavy atom. The van der Waals surface area contributed by atoms with Gasteiger partial charge in [0, 0.05) is 63.1 Å². The Balaban J connectivity index is 1.73. The van der Waals surface area contributed by atoms with Crippen molar-refractivity contribution in [1.29, 1.82) is 0 Å². The predicted octanol–water partition coefficient (Wildman–Crippen LogP) is 2.08. The van der Waals surface area contributed by atoms with Crippen LogP contribution in [-0.2, 0) is 46.4 Å². The fourth-order valence-electron chi connectivity index (χ4n) is 7.47. The molecule has 5 rings (SSSR count). The molecule has 0 saturated carbocycles. The molecule has 9 N–H and O–H groups in total. The van der Waals surface area contributed by atoms with Crippen molar-refractivity contribution in [3.63, 3.8) is 0 Å². The second kappa shape index (κ2) is 19.4. The smallest absolute Gasteiger partial charge is 0.305 e. The lowest BCUT2D eigenvalue weighted by Gasteiger charge is -2.19. The van der Waals surface area contributed by atoms with Crippen LogP contribution in [0.5, 0.6) is 0 Å². The average molecular weight is 838 g/mol. The summed E-state index contributed by atoms with van der Waals surface area (Å²) in [5.41, 5.74) is 7.30. The number of aromatic nitrogens is 3. The number of nitrogens with zero attached hydrogens (tertiary/aromatic N) is 1. The Morgan fingerprint density at radius 2 is 1.38 bits per heavy atom. The lowest BCUT2D eigenvalue weighted by atomic mass is 9.93. The van der Waals surface area contributed by atoms with Gasteiger partial charge in [-0.1, -0.05) is 17.8 Å². The van der Waals surface area contributed by atoms with Gasteiger partial charge in [-0.05, 0) is 106 Å². The summed E-state index contributed by atoms with van der Waals surface area (Å²) in [6.45, 7) is 13.6. The van der Waals surface area contributed by atoms with Gasteiger partial charge in [-0.15, -0.1) is 0 Å². The standard InChI is InChI=1S/C44H51N7O10/c1-7-28-23(3)33-18-38-31(13-14-45-61-8-2)44(6,60)39(51-38)20-34-25(5)30(10-12-41(55)47-27(22-53)16-43(58)59)37(50-34)19-36-29(24(4)32(49-36)17-35(28)48-33)9-11-40(54)46-26(21-52)15-42(56)57/h7,13-14,17-22,26-27,48-51,60H,1,8-12,15-16H2,2-6H3,(H,46,54)(H,47,55)(H,56,57)(H,58,59)/t26-,27-,44?/m1/s1. The van der Waals surface area contributed by atoms with E-state index in [9.17, 15) is 39.0 Å². The molecule has 2 aliphatic rings. The molecule has 17 nitrogen and oxygen atoms in total. The number of aromatic amines is 3. The van der Waals surface area contributed by atoms with Crippen molar-refractivity contribution < 1.29 is 48.9 Å². The van der Waals surface area contributed by atoms with Crippen molar-refractivity contribution in [2.45, 2.75) is 90.8 Å². The van der Waals surface area contributed by atoms with Gasteiger partial charge in [-0.3, -0.25) is 19.2 Å². The number of carbonyl (C=O) groups excluding carboxylic acids is 4. The van der Waals surface area contributed by atoms with Crippen LogP contribution in [-0.4, -0.2) is 97.1 Å². The van der Waals surface area contributed by atoms with Crippen molar-refractivity contribution in [3.05, 3.63) is 96.5 Å². The first-order chi connectivity index (χ1) is 29.0. The molecule has 0 aliphatic carbocycles. The molecule has 2 amide bonds. The van der Waals surface area contributed by atoms with Gasteiger partial charge in [0.2, 0.25) is 11.8 Å². The molecule has 3 atom stereocenters. The minimum Gasteiger partial charge on any atom is -0.481 e. The topological polar surface area (TPSA) is 268 Å². The van der Waals surface area contributed by atoms with Crippen molar-refractivity contribution in [2.75, 3.05) is 6.61 Å². The molecule has 5 heterocycles. The molecule has 1 unspecified atom stereocenters. The zero-order chi connectivity index (χ0) is 44.6. The van der Waals surface area contributed by atoms with E-state index in [1.54, 1.807) is 32.1 Å². The molecular weight excluding hydrogens is 787 g/mol. The summed E-state index contributed by atoms with van der Waals surface area (Å²) < 4.78 is 0. The number of nitrogens with one attached hydrogen (secondary N) is 6. The number of allylic oxidation sites excluding steroid dienone is 1. The van der Waals surface area contributed by atoms with Gasteiger partial charge in [0.15, 0.2) is 0 Å². The van der Waals surface area contributed by atoms with Crippen LogP contribution in [0.1, 0.15) is 95.7 Å². The maximum atomic E-state index is 13.1. The van der Waals surface area contributed by atoms with E-state index >= 15 is 0 Å². The van der Waals surface area contributed by atoms with Gasteiger partial charge in [0.25, 0.3) is 0 Å². The van der Waals surface area contributed by atoms with E-state index in [0.717, 1.165) is 39.2 Å². The number of hydrogen-bond acceptors (Lipinski definition) is 10. The minimum absolute atomic E-state index is 0.0750. The first kappa shape index (κ1) is 45.1. The Kier molecular flexibility index (Phi) is 14.3. The number of carboxylic acids is 2. The number of carbonyl (C=O) groups is 6. The number of amides is 2. The third kappa shape index (κ3) is 10.4. The molecule has 3 aromatic rings. The summed E-state index contributed by atoms with van der Waals surface area (Å²) in [6.07, 6.45) is 12.1. The number of rotatable bonds is 18. The van der Waals surface area contributed by atoms with Crippen LogP contribution in [0.4, 0.5) is 0 Å². The second-order valence-electron chi connectivity index (χ2n) is 15.0. The van der Waals surface area contributed by atoms with E-state index in [4.69, 9.17) is 9.94 Å². The van der Waals surface area contributed by atoms with E-state index < -0.39 is 54.3 Å². The van der Waals surface area contributed by atoms with Crippen molar-refractivity contribution >= 4 is 72.9 Å². The number of oxime groups is 1. The predicted molar refractivity (Wildman–Crippen MR) is 228 cm³/mol. The number of hydrogen-bond donors (Lipinski definition) is 9. The second-order valence-corrected chi connectivity index (χ2v) is 15.0. The quantitative estimate of drug-likeness (QED) is 0.0509. The van der Waals surface area contributed by atoms with E-state index in [1.165, 1.54) is 6.21 Å². The molecule has 322 valence electrons. The highest BCUT2D eigenvalue weighted by molar-refractivity contribution is 5.84. The number of H-pyrrole nitrogens is 3. The van der Waals surface area contributed by atoms with Crippen LogP contribution in [0.2, 0.25) is 0 Å². The Morgan fingerprint density at radius 1 is 0.803 bits per heavy atom. The monoisotopic (exact) mass is 837 g/mol. The number of carboxylic acid groups (broad SMARTS) is 2. The molecule has 0 radical (unpaired) electrons. The molecule has 1 saturated heterocycles. The summed E-state index contributed by atoms with van der Waals surface area (Å²) in [4.78, 5) is 87.3. The summed E-state index contributed by atoms with van der Waals surface area (Å²) >= 11 is 0. The Bertz CT molecular complexity index is 2510. The van der Waals surface area contributed by atoms with Crippen LogP contribution in [0.3, 0.4) is 0 Å². The molecule has 0 aromatic carbocycles. The highest BCUT2D eigenvalue weighted by Gasteiger charge is 2.40. The van der Waals surface area contributed by atoms with Crippen LogP contribution in [0, 0.1) is 20.8 Å². The largest absolute Gasteiger partial charge is 0.481 e. The Hall–Kier alpha value is -7.01. The molecular formula is C44H51N7O10. The summed E-state index contributed by atoms with van der Waals surface area (Å²) in [5, 5.41) is 44.2. The highest BCUT2D eigenvalue weighted by atomic mass is 16.6. The lowest BCUT2D eigenvalue weighted by Crippen LogP contribution is -2.37. The maximum absolute atomic E-state index is 13.1. The van der Waals surface area contributed by atoms with Gasteiger partial charge in [0.1, 0.15) is 24.8 Å². The molecule has 61 heavy (non-hydrogen) atoms. The lowest BCUT2D eigenvalue weighted by molar-refractivity contribution is -0.139. The third-order valence-corrected chi connectivity index (χ3v) is 10.8. The number of aldehydes is 2. The van der Waals surface area contributed by atoms with Crippen LogP contribution < -0.4 is 26.6 Å². The number of fused-ring (bicyclic) bond motifs is 8. The maximum Gasteiger partial charge on any atom is 0.305 e. The number of aliphatic carboxylic acids is 2. The van der Waals surface area contributed by atoms with Gasteiger partial charge in [-0.25, -0.2) is 0 Å².